The van der Waals surface area contributed by atoms with Gasteiger partial charge in [-0.15, -0.1) is 0 Å². The highest BCUT2D eigenvalue weighted by atomic mass is 32.1. The van der Waals surface area contributed by atoms with E-state index in [4.69, 9.17) is 4.74 Å². The number of carbonyl (C=O) groups is 1. The van der Waals surface area contributed by atoms with Crippen LogP contribution in [0.4, 0.5) is 15.6 Å². The van der Waals surface area contributed by atoms with E-state index in [9.17, 15) is 4.79 Å². The Labute approximate surface area is 167 Å². The van der Waals surface area contributed by atoms with Crippen LogP contribution in [0.5, 0.6) is 5.88 Å². The van der Waals surface area contributed by atoms with Crippen molar-refractivity contribution >= 4 is 28.4 Å². The molecule has 0 radical (unpaired) electrons. The zero-order chi connectivity index (χ0) is 19.3. The summed E-state index contributed by atoms with van der Waals surface area (Å²) in [5.41, 5.74) is 1.57. The fourth-order valence-corrected chi connectivity index (χ4v) is 3.73. The van der Waals surface area contributed by atoms with Crippen LogP contribution in [-0.4, -0.2) is 58.6 Å². The number of carbonyl (C=O) groups excluding carboxylic acids is 1. The summed E-state index contributed by atoms with van der Waals surface area (Å²) in [7, 11) is 1.53. The lowest BCUT2D eigenvalue weighted by Crippen LogP contribution is -2.50. The molecule has 1 fully saturated rings. The van der Waals surface area contributed by atoms with Crippen molar-refractivity contribution in [3.8, 4) is 17.3 Å². The van der Waals surface area contributed by atoms with Crippen molar-refractivity contribution < 1.29 is 9.53 Å². The number of ether oxygens (including phenoxy) is 1. The van der Waals surface area contributed by atoms with E-state index >= 15 is 0 Å². The molecule has 0 bridgehead atoms. The summed E-state index contributed by atoms with van der Waals surface area (Å²) in [5.74, 6) is 1.14. The van der Waals surface area contributed by atoms with Crippen LogP contribution >= 0.6 is 11.5 Å². The minimum atomic E-state index is -0.159. The van der Waals surface area contributed by atoms with Crippen LogP contribution < -0.4 is 15.0 Å². The molecule has 0 spiro atoms. The monoisotopic (exact) mass is 396 g/mol. The third kappa shape index (κ3) is 3.89. The first kappa shape index (κ1) is 18.2. The van der Waals surface area contributed by atoms with E-state index in [1.165, 1.54) is 18.6 Å². The molecule has 0 atom stereocenters. The number of anilines is 2. The lowest BCUT2D eigenvalue weighted by molar-refractivity contribution is 0.208. The van der Waals surface area contributed by atoms with Gasteiger partial charge in [0.15, 0.2) is 5.82 Å². The van der Waals surface area contributed by atoms with Gasteiger partial charge in [0.05, 0.1) is 7.11 Å². The molecule has 3 heterocycles. The number of nitrogens with one attached hydrogen (secondary N) is 1. The molecule has 0 saturated carbocycles. The largest absolute Gasteiger partial charge is 0.480 e. The second-order valence-electron chi connectivity index (χ2n) is 6.23. The van der Waals surface area contributed by atoms with Gasteiger partial charge in [-0.3, -0.25) is 0 Å². The molecule has 8 nitrogen and oxygen atoms in total. The summed E-state index contributed by atoms with van der Waals surface area (Å²) in [6.07, 6.45) is 1.62. The first-order valence-corrected chi connectivity index (χ1v) is 9.71. The van der Waals surface area contributed by atoms with Gasteiger partial charge in [-0.2, -0.15) is 9.36 Å². The molecule has 28 heavy (non-hydrogen) atoms. The molecule has 1 aliphatic rings. The van der Waals surface area contributed by atoms with Crippen molar-refractivity contribution in [1.82, 2.24) is 19.2 Å². The number of pyridine rings is 1. The minimum Gasteiger partial charge on any atom is -0.480 e. The average Bonchev–Trinajstić information content (AvgIpc) is 3.25. The Morgan fingerprint density at radius 1 is 1.11 bits per heavy atom. The van der Waals surface area contributed by atoms with Crippen molar-refractivity contribution in [3.05, 3.63) is 48.7 Å². The molecule has 1 aromatic carbocycles. The first-order valence-electron chi connectivity index (χ1n) is 8.93. The van der Waals surface area contributed by atoms with Gasteiger partial charge in [0, 0.05) is 49.5 Å². The highest BCUT2D eigenvalue weighted by Crippen LogP contribution is 2.25. The third-order valence-electron chi connectivity index (χ3n) is 4.49. The van der Waals surface area contributed by atoms with Gasteiger partial charge >= 0.3 is 6.03 Å². The van der Waals surface area contributed by atoms with E-state index in [0.29, 0.717) is 37.7 Å². The van der Waals surface area contributed by atoms with Crippen molar-refractivity contribution in [1.29, 1.82) is 0 Å². The van der Waals surface area contributed by atoms with Gasteiger partial charge in [-0.1, -0.05) is 30.3 Å². The van der Waals surface area contributed by atoms with E-state index in [-0.39, 0.29) is 6.03 Å². The predicted octanol–water partition coefficient (Wildman–Crippen LogP) is 2.96. The van der Waals surface area contributed by atoms with E-state index in [2.05, 4.69) is 24.6 Å². The maximum atomic E-state index is 12.6. The van der Waals surface area contributed by atoms with E-state index in [1.54, 1.807) is 23.2 Å². The number of benzene rings is 1. The lowest BCUT2D eigenvalue weighted by atomic mass is 10.2. The van der Waals surface area contributed by atoms with Crippen LogP contribution in [0.3, 0.4) is 0 Å². The predicted molar refractivity (Wildman–Crippen MR) is 109 cm³/mol. The second kappa shape index (κ2) is 8.22. The van der Waals surface area contributed by atoms with E-state index in [1.807, 2.05) is 30.3 Å². The number of piperazine rings is 1. The normalized spacial score (nSPS) is 14.0. The van der Waals surface area contributed by atoms with Crippen LogP contribution in [0.2, 0.25) is 0 Å². The Hall–Kier alpha value is -3.20. The van der Waals surface area contributed by atoms with Crippen LogP contribution in [-0.2, 0) is 0 Å². The number of urea groups is 1. The minimum absolute atomic E-state index is 0.159. The number of amides is 2. The maximum absolute atomic E-state index is 12.6. The van der Waals surface area contributed by atoms with Gasteiger partial charge in [-0.05, 0) is 12.1 Å². The molecule has 144 valence electrons. The molecule has 3 aromatic rings. The zero-order valence-electron chi connectivity index (χ0n) is 15.4. The van der Waals surface area contributed by atoms with Crippen molar-refractivity contribution in [3.63, 3.8) is 0 Å². The fourth-order valence-electron chi connectivity index (χ4n) is 2.99. The van der Waals surface area contributed by atoms with Crippen molar-refractivity contribution in [2.24, 2.45) is 0 Å². The Kier molecular flexibility index (Phi) is 5.34. The Bertz CT molecular complexity index is 940. The molecule has 1 aliphatic heterocycles. The molecule has 0 unspecified atom stereocenters. The van der Waals surface area contributed by atoms with Crippen LogP contribution in [0.1, 0.15) is 0 Å². The fraction of sp³-hybridized carbons (Fsp3) is 0.263. The van der Waals surface area contributed by atoms with E-state index in [0.717, 1.165) is 16.5 Å². The smallest absolute Gasteiger partial charge is 0.322 e. The van der Waals surface area contributed by atoms with Crippen LogP contribution in [0.15, 0.2) is 48.7 Å². The summed E-state index contributed by atoms with van der Waals surface area (Å²) < 4.78 is 9.65. The molecule has 9 heteroatoms. The lowest BCUT2D eigenvalue weighted by Gasteiger charge is -2.34. The number of hydrogen-bond donors (Lipinski definition) is 1. The van der Waals surface area contributed by atoms with Crippen LogP contribution in [0.25, 0.3) is 11.4 Å². The van der Waals surface area contributed by atoms with Crippen molar-refractivity contribution in [2.75, 3.05) is 43.5 Å². The SMILES string of the molecule is COc1ncccc1NC(=O)N1CCN(c2nc(-c3ccccc3)ns2)CC1. The standard InChI is InChI=1S/C19H20N6O2S/c1-27-17-15(8-5-9-20-17)21-18(26)24-10-12-25(13-11-24)19-22-16(23-28-19)14-6-3-2-4-7-14/h2-9H,10-13H2,1H3,(H,21,26). The average molecular weight is 396 g/mol. The number of hydrogen-bond acceptors (Lipinski definition) is 7. The quantitative estimate of drug-likeness (QED) is 0.730. The summed E-state index contributed by atoms with van der Waals surface area (Å²) in [5, 5.41) is 3.75. The number of methoxy groups -OCH3 is 1. The second-order valence-corrected chi connectivity index (χ2v) is 6.96. The van der Waals surface area contributed by atoms with Gasteiger partial charge in [0.2, 0.25) is 11.0 Å². The number of rotatable bonds is 4. The molecule has 1 N–H and O–H groups in total. The Balaban J connectivity index is 1.36. The number of nitrogens with zero attached hydrogens (tertiary/aromatic N) is 5. The highest BCUT2D eigenvalue weighted by molar-refractivity contribution is 7.09. The van der Waals surface area contributed by atoms with Gasteiger partial charge in [-0.25, -0.2) is 9.78 Å². The van der Waals surface area contributed by atoms with Crippen LogP contribution in [0, 0.1) is 0 Å². The molecule has 4 rings (SSSR count). The Morgan fingerprint density at radius 3 is 2.64 bits per heavy atom. The summed E-state index contributed by atoms with van der Waals surface area (Å²) in [6, 6.07) is 13.3. The summed E-state index contributed by atoms with van der Waals surface area (Å²) in [4.78, 5) is 25.3. The molecular weight excluding hydrogens is 376 g/mol. The van der Waals surface area contributed by atoms with E-state index < -0.39 is 0 Å². The molecule has 2 aromatic heterocycles. The van der Waals surface area contributed by atoms with Gasteiger partial charge in [0.25, 0.3) is 0 Å². The Morgan fingerprint density at radius 2 is 1.89 bits per heavy atom. The summed E-state index contributed by atoms with van der Waals surface area (Å²) >= 11 is 1.39. The summed E-state index contributed by atoms with van der Waals surface area (Å²) in [6.45, 7) is 2.63. The van der Waals surface area contributed by atoms with Gasteiger partial charge < -0.3 is 19.9 Å². The zero-order valence-corrected chi connectivity index (χ0v) is 16.2. The molecule has 1 saturated heterocycles. The molecule has 2 amide bonds. The molecular formula is C19H20N6O2S. The molecule has 0 aliphatic carbocycles. The third-order valence-corrected chi connectivity index (χ3v) is 5.27. The maximum Gasteiger partial charge on any atom is 0.322 e. The first-order chi connectivity index (χ1) is 13.7. The topological polar surface area (TPSA) is 83.5 Å². The van der Waals surface area contributed by atoms with Gasteiger partial charge in [0.1, 0.15) is 5.69 Å². The number of aromatic nitrogens is 3. The van der Waals surface area contributed by atoms with Crippen molar-refractivity contribution in [2.45, 2.75) is 0 Å². The highest BCUT2D eigenvalue weighted by Gasteiger charge is 2.24.